The minimum atomic E-state index is 0.714. The number of hydrogen-bond donors (Lipinski definition) is 2. The van der Waals surface area contributed by atoms with Gasteiger partial charge in [0.1, 0.15) is 5.82 Å². The molecule has 0 radical (unpaired) electrons. The number of fused-ring (bicyclic) bond motifs is 1. The van der Waals surface area contributed by atoms with Crippen molar-refractivity contribution in [1.82, 2.24) is 15.3 Å². The number of alkyl halides is 1. The van der Waals surface area contributed by atoms with Crippen molar-refractivity contribution < 1.29 is 0 Å². The van der Waals surface area contributed by atoms with Crippen LogP contribution in [0.4, 0.5) is 0 Å². The van der Waals surface area contributed by atoms with E-state index in [1.165, 1.54) is 5.56 Å². The first-order valence-electron chi connectivity index (χ1n) is 5.51. The number of rotatable bonds is 5. The number of hydrogen-bond acceptors (Lipinski definition) is 2. The summed E-state index contributed by atoms with van der Waals surface area (Å²) in [4.78, 5) is 7.61. The van der Waals surface area contributed by atoms with Gasteiger partial charge in [0.05, 0.1) is 11.0 Å². The Kier molecular flexibility index (Phi) is 3.80. The van der Waals surface area contributed by atoms with Gasteiger partial charge in [-0.3, -0.25) is 0 Å². The third kappa shape index (κ3) is 2.74. The minimum Gasteiger partial charge on any atom is -0.342 e. The predicted octanol–water partition coefficient (Wildman–Crippen LogP) is 2.59. The molecule has 16 heavy (non-hydrogen) atoms. The molecule has 86 valence electrons. The summed E-state index contributed by atoms with van der Waals surface area (Å²) in [6.45, 7) is 3.81. The molecule has 0 amide bonds. The summed E-state index contributed by atoms with van der Waals surface area (Å²) in [7, 11) is 0. The molecular weight excluding hydrogens is 222 g/mol. The number of H-pyrrole nitrogens is 1. The van der Waals surface area contributed by atoms with Crippen molar-refractivity contribution in [3.05, 3.63) is 29.6 Å². The molecule has 2 aromatic rings. The topological polar surface area (TPSA) is 40.7 Å². The Morgan fingerprint density at radius 3 is 3.12 bits per heavy atom. The van der Waals surface area contributed by atoms with E-state index < -0.39 is 0 Å². The Labute approximate surface area is 100 Å². The molecule has 0 fully saturated rings. The SMILES string of the molecule is Cc1nc2ccc(CNCCCCl)cc2[nH]1. The molecule has 1 aromatic carbocycles. The van der Waals surface area contributed by atoms with Crippen LogP contribution in [0.25, 0.3) is 11.0 Å². The Balaban J connectivity index is 2.02. The summed E-state index contributed by atoms with van der Waals surface area (Å²) in [6, 6.07) is 6.30. The molecule has 2 N–H and O–H groups in total. The summed E-state index contributed by atoms with van der Waals surface area (Å²) in [6.07, 6.45) is 1.01. The number of nitrogens with zero attached hydrogens (tertiary/aromatic N) is 1. The molecule has 0 spiro atoms. The smallest absolute Gasteiger partial charge is 0.104 e. The summed E-state index contributed by atoms with van der Waals surface area (Å²) >= 11 is 5.61. The molecule has 0 unspecified atom stereocenters. The zero-order valence-corrected chi connectivity index (χ0v) is 10.1. The van der Waals surface area contributed by atoms with Crippen LogP contribution in [-0.4, -0.2) is 22.4 Å². The lowest BCUT2D eigenvalue weighted by Gasteiger charge is -2.03. The molecule has 2 rings (SSSR count). The fraction of sp³-hybridized carbons (Fsp3) is 0.417. The Bertz CT molecular complexity index is 464. The van der Waals surface area contributed by atoms with Crippen LogP contribution in [-0.2, 0) is 6.54 Å². The first-order chi connectivity index (χ1) is 7.79. The molecule has 4 heteroatoms. The lowest BCUT2D eigenvalue weighted by molar-refractivity contribution is 0.678. The minimum absolute atomic E-state index is 0.714. The van der Waals surface area contributed by atoms with Crippen molar-refractivity contribution in [2.75, 3.05) is 12.4 Å². The van der Waals surface area contributed by atoms with E-state index in [0.717, 1.165) is 36.4 Å². The maximum Gasteiger partial charge on any atom is 0.104 e. The van der Waals surface area contributed by atoms with Gasteiger partial charge in [-0.2, -0.15) is 0 Å². The molecule has 0 aliphatic carbocycles. The lowest BCUT2D eigenvalue weighted by atomic mass is 10.2. The highest BCUT2D eigenvalue weighted by Crippen LogP contribution is 2.13. The van der Waals surface area contributed by atoms with E-state index in [1.807, 2.05) is 6.92 Å². The molecular formula is C12H16ClN3. The Hall–Kier alpha value is -1.06. The fourth-order valence-electron chi connectivity index (χ4n) is 1.72. The fourth-order valence-corrected chi connectivity index (χ4v) is 1.85. The quantitative estimate of drug-likeness (QED) is 0.620. The predicted molar refractivity (Wildman–Crippen MR) is 67.9 cm³/mol. The molecule has 0 bridgehead atoms. The van der Waals surface area contributed by atoms with Crippen molar-refractivity contribution >= 4 is 22.6 Å². The number of aryl methyl sites for hydroxylation is 1. The van der Waals surface area contributed by atoms with Crippen LogP contribution in [0.2, 0.25) is 0 Å². The van der Waals surface area contributed by atoms with Crippen LogP contribution in [0.15, 0.2) is 18.2 Å². The largest absolute Gasteiger partial charge is 0.342 e. The normalized spacial score (nSPS) is 11.1. The van der Waals surface area contributed by atoms with Gasteiger partial charge in [-0.1, -0.05) is 6.07 Å². The third-order valence-electron chi connectivity index (χ3n) is 2.48. The van der Waals surface area contributed by atoms with Crippen molar-refractivity contribution in [2.45, 2.75) is 19.9 Å². The number of aromatic amines is 1. The first-order valence-corrected chi connectivity index (χ1v) is 6.05. The maximum atomic E-state index is 5.61. The molecule has 0 aliphatic heterocycles. The van der Waals surface area contributed by atoms with Gasteiger partial charge in [-0.15, -0.1) is 11.6 Å². The van der Waals surface area contributed by atoms with E-state index in [0.29, 0.717) is 5.88 Å². The van der Waals surface area contributed by atoms with Gasteiger partial charge >= 0.3 is 0 Å². The van der Waals surface area contributed by atoms with Crippen LogP contribution >= 0.6 is 11.6 Å². The lowest BCUT2D eigenvalue weighted by Crippen LogP contribution is -2.14. The van der Waals surface area contributed by atoms with E-state index in [1.54, 1.807) is 0 Å². The Morgan fingerprint density at radius 2 is 2.31 bits per heavy atom. The van der Waals surface area contributed by atoms with Crippen LogP contribution < -0.4 is 5.32 Å². The molecule has 1 heterocycles. The molecule has 0 aliphatic rings. The van der Waals surface area contributed by atoms with E-state index in [-0.39, 0.29) is 0 Å². The monoisotopic (exact) mass is 237 g/mol. The third-order valence-corrected chi connectivity index (χ3v) is 2.75. The molecule has 3 nitrogen and oxygen atoms in total. The van der Waals surface area contributed by atoms with E-state index in [4.69, 9.17) is 11.6 Å². The summed E-state index contributed by atoms with van der Waals surface area (Å²) in [5.41, 5.74) is 3.40. The van der Waals surface area contributed by atoms with Crippen LogP contribution in [0, 0.1) is 6.92 Å². The second-order valence-corrected chi connectivity index (χ2v) is 4.27. The van der Waals surface area contributed by atoms with E-state index in [9.17, 15) is 0 Å². The van der Waals surface area contributed by atoms with Gasteiger partial charge in [0, 0.05) is 12.4 Å². The van der Waals surface area contributed by atoms with Crippen LogP contribution in [0.1, 0.15) is 17.8 Å². The number of nitrogens with one attached hydrogen (secondary N) is 2. The summed E-state index contributed by atoms with van der Waals surface area (Å²) in [5.74, 6) is 1.67. The van der Waals surface area contributed by atoms with Crippen molar-refractivity contribution in [2.24, 2.45) is 0 Å². The standard InChI is InChI=1S/C12H16ClN3/c1-9-15-11-4-3-10(7-12(11)16-9)8-14-6-2-5-13/h3-4,7,14H,2,5-6,8H2,1H3,(H,15,16). The average Bonchev–Trinajstić information content (AvgIpc) is 2.64. The van der Waals surface area contributed by atoms with E-state index in [2.05, 4.69) is 33.5 Å². The zero-order chi connectivity index (χ0) is 11.4. The highest BCUT2D eigenvalue weighted by atomic mass is 35.5. The van der Waals surface area contributed by atoms with Crippen molar-refractivity contribution in [3.8, 4) is 0 Å². The van der Waals surface area contributed by atoms with Gasteiger partial charge < -0.3 is 10.3 Å². The first kappa shape index (κ1) is 11.4. The number of halogens is 1. The van der Waals surface area contributed by atoms with Gasteiger partial charge in [0.25, 0.3) is 0 Å². The molecule has 0 saturated heterocycles. The summed E-state index contributed by atoms with van der Waals surface area (Å²) in [5, 5.41) is 3.36. The Morgan fingerprint density at radius 1 is 1.44 bits per heavy atom. The van der Waals surface area contributed by atoms with Crippen molar-refractivity contribution in [1.29, 1.82) is 0 Å². The van der Waals surface area contributed by atoms with Gasteiger partial charge in [-0.25, -0.2) is 4.98 Å². The van der Waals surface area contributed by atoms with Crippen LogP contribution in [0.5, 0.6) is 0 Å². The number of benzene rings is 1. The van der Waals surface area contributed by atoms with E-state index >= 15 is 0 Å². The van der Waals surface area contributed by atoms with Gasteiger partial charge in [0.2, 0.25) is 0 Å². The average molecular weight is 238 g/mol. The molecule has 0 saturated carbocycles. The zero-order valence-electron chi connectivity index (χ0n) is 9.39. The molecule has 1 aromatic heterocycles. The highest BCUT2D eigenvalue weighted by Gasteiger charge is 2.00. The number of imidazole rings is 1. The van der Waals surface area contributed by atoms with Crippen LogP contribution in [0.3, 0.4) is 0 Å². The van der Waals surface area contributed by atoms with Gasteiger partial charge in [0.15, 0.2) is 0 Å². The number of aromatic nitrogens is 2. The highest BCUT2D eigenvalue weighted by molar-refractivity contribution is 6.17. The van der Waals surface area contributed by atoms with Crippen molar-refractivity contribution in [3.63, 3.8) is 0 Å². The second kappa shape index (κ2) is 5.32. The second-order valence-electron chi connectivity index (χ2n) is 3.89. The summed E-state index contributed by atoms with van der Waals surface area (Å²) < 4.78 is 0. The molecule has 0 atom stereocenters. The van der Waals surface area contributed by atoms with Gasteiger partial charge in [-0.05, 0) is 37.6 Å². The maximum absolute atomic E-state index is 5.61.